The lowest BCUT2D eigenvalue weighted by Crippen LogP contribution is -2.38. The number of likely N-dealkylation sites (tertiary alicyclic amines) is 1. The summed E-state index contributed by atoms with van der Waals surface area (Å²) in [6.07, 6.45) is 3.08. The first-order chi connectivity index (χ1) is 15.6. The molecule has 1 saturated heterocycles. The van der Waals surface area contributed by atoms with E-state index in [1.165, 1.54) is 17.0 Å². The largest absolute Gasteiger partial charge is 0.497 e. The minimum atomic E-state index is -0.0960. The number of aromatic nitrogens is 2. The van der Waals surface area contributed by atoms with Crippen molar-refractivity contribution in [1.29, 1.82) is 0 Å². The number of amides is 1. The molecular formula is C24H34N4O4. The predicted molar refractivity (Wildman–Crippen MR) is 121 cm³/mol. The summed E-state index contributed by atoms with van der Waals surface area (Å²) >= 11 is 0. The van der Waals surface area contributed by atoms with Crippen LogP contribution in [0.5, 0.6) is 11.5 Å². The molecule has 1 aromatic heterocycles. The first-order valence-corrected chi connectivity index (χ1v) is 11.5. The summed E-state index contributed by atoms with van der Waals surface area (Å²) in [5.41, 5.74) is 4.36. The van der Waals surface area contributed by atoms with Crippen molar-refractivity contribution in [2.24, 2.45) is 5.92 Å². The van der Waals surface area contributed by atoms with Gasteiger partial charge in [-0.2, -0.15) is 5.10 Å². The fourth-order valence-corrected chi connectivity index (χ4v) is 4.61. The number of hydrogen-bond acceptors (Lipinski definition) is 6. The number of nitrogens with one attached hydrogen (secondary N) is 1. The van der Waals surface area contributed by atoms with E-state index in [9.17, 15) is 4.79 Å². The summed E-state index contributed by atoms with van der Waals surface area (Å²) in [5, 5.41) is 7.95. The molecule has 3 heterocycles. The van der Waals surface area contributed by atoms with Gasteiger partial charge >= 0.3 is 0 Å². The Hall–Kier alpha value is -2.58. The quantitative estimate of drug-likeness (QED) is 0.677. The minimum absolute atomic E-state index is 0.0960. The third-order valence-electron chi connectivity index (χ3n) is 6.52. The number of piperidine rings is 1. The van der Waals surface area contributed by atoms with Gasteiger partial charge in [-0.1, -0.05) is 0 Å². The first-order valence-electron chi connectivity index (χ1n) is 11.5. The fraction of sp³-hybridized carbons (Fsp3) is 0.583. The highest BCUT2D eigenvalue weighted by Gasteiger charge is 2.25. The van der Waals surface area contributed by atoms with Crippen molar-refractivity contribution in [2.75, 3.05) is 40.5 Å². The molecule has 8 heteroatoms. The van der Waals surface area contributed by atoms with E-state index in [-0.39, 0.29) is 5.91 Å². The van der Waals surface area contributed by atoms with Gasteiger partial charge in [-0.3, -0.25) is 14.4 Å². The molecule has 32 heavy (non-hydrogen) atoms. The molecule has 0 atom stereocenters. The van der Waals surface area contributed by atoms with Gasteiger partial charge in [-0.05, 0) is 50.9 Å². The molecule has 1 N–H and O–H groups in total. The molecule has 0 bridgehead atoms. The Morgan fingerprint density at radius 1 is 1.19 bits per heavy atom. The molecule has 0 spiro atoms. The number of carbonyl (C=O) groups excluding carboxylic acids is 1. The number of rotatable bonds is 8. The normalized spacial score (nSPS) is 17.1. The predicted octanol–water partition coefficient (Wildman–Crippen LogP) is 2.63. The molecule has 1 fully saturated rings. The van der Waals surface area contributed by atoms with Crippen molar-refractivity contribution >= 4 is 5.91 Å². The Balaban J connectivity index is 1.28. The third-order valence-corrected chi connectivity index (χ3v) is 6.52. The molecule has 2 aromatic rings. The van der Waals surface area contributed by atoms with Gasteiger partial charge in [-0.15, -0.1) is 0 Å². The highest BCUT2D eigenvalue weighted by atomic mass is 16.5. The zero-order valence-corrected chi connectivity index (χ0v) is 19.4. The van der Waals surface area contributed by atoms with Gasteiger partial charge in [0.15, 0.2) is 0 Å². The van der Waals surface area contributed by atoms with Crippen molar-refractivity contribution in [3.05, 3.63) is 40.7 Å². The summed E-state index contributed by atoms with van der Waals surface area (Å²) in [5.74, 6) is 1.61. The molecule has 0 unspecified atom stereocenters. The van der Waals surface area contributed by atoms with Crippen molar-refractivity contribution in [3.63, 3.8) is 0 Å². The third kappa shape index (κ3) is 5.07. The summed E-state index contributed by atoms with van der Waals surface area (Å²) in [6, 6.07) is 5.24. The standard InChI is InChI=1S/C24H34N4O4/c1-4-28-23-7-10-32-16-21(23)22(26-28)15-27-8-5-17(6-9-27)14-25-24(29)18-11-19(30-2)13-20(12-18)31-3/h11-13,17H,4-10,14-16H2,1-3H3,(H,25,29). The van der Waals surface area contributed by atoms with Gasteiger partial charge in [0.25, 0.3) is 5.91 Å². The van der Waals surface area contributed by atoms with Crippen LogP contribution in [0.2, 0.25) is 0 Å². The van der Waals surface area contributed by atoms with E-state index in [0.29, 0.717) is 36.1 Å². The van der Waals surface area contributed by atoms with Gasteiger partial charge in [-0.25, -0.2) is 0 Å². The lowest BCUT2D eigenvalue weighted by molar-refractivity contribution is 0.0933. The molecule has 2 aliphatic rings. The van der Waals surface area contributed by atoms with Gasteiger partial charge in [0.2, 0.25) is 0 Å². The van der Waals surface area contributed by atoms with Crippen molar-refractivity contribution in [1.82, 2.24) is 20.0 Å². The summed E-state index contributed by atoms with van der Waals surface area (Å²) in [6.45, 7) is 8.11. The van der Waals surface area contributed by atoms with Crippen LogP contribution in [0.1, 0.15) is 47.1 Å². The molecule has 1 aromatic carbocycles. The Kier molecular flexibility index (Phi) is 7.32. The van der Waals surface area contributed by atoms with E-state index >= 15 is 0 Å². The molecule has 1 amide bonds. The molecule has 0 radical (unpaired) electrons. The van der Waals surface area contributed by atoms with E-state index in [1.54, 1.807) is 32.4 Å². The number of hydrogen-bond donors (Lipinski definition) is 1. The van der Waals surface area contributed by atoms with E-state index in [0.717, 1.165) is 52.0 Å². The molecule has 0 aliphatic carbocycles. The average molecular weight is 443 g/mol. The molecule has 0 saturated carbocycles. The summed E-state index contributed by atoms with van der Waals surface area (Å²) < 4.78 is 18.4. The van der Waals surface area contributed by atoms with Crippen molar-refractivity contribution in [2.45, 2.75) is 45.9 Å². The molecule has 4 rings (SSSR count). The highest BCUT2D eigenvalue weighted by molar-refractivity contribution is 5.95. The first kappa shape index (κ1) is 22.6. The van der Waals surface area contributed by atoms with Gasteiger partial charge in [0.05, 0.1) is 33.1 Å². The lowest BCUT2D eigenvalue weighted by Gasteiger charge is -2.31. The Morgan fingerprint density at radius 2 is 1.91 bits per heavy atom. The number of ether oxygens (including phenoxy) is 3. The Bertz CT molecular complexity index is 912. The number of nitrogens with zero attached hydrogens (tertiary/aromatic N) is 3. The number of methoxy groups -OCH3 is 2. The maximum Gasteiger partial charge on any atom is 0.251 e. The van der Waals surface area contributed by atoms with Crippen molar-refractivity contribution < 1.29 is 19.0 Å². The van der Waals surface area contributed by atoms with E-state index in [1.807, 2.05) is 0 Å². The van der Waals surface area contributed by atoms with E-state index in [2.05, 4.69) is 21.8 Å². The van der Waals surface area contributed by atoms with Gasteiger partial charge < -0.3 is 19.5 Å². The van der Waals surface area contributed by atoms with Crippen LogP contribution in [0, 0.1) is 5.92 Å². The van der Waals surface area contributed by atoms with E-state index in [4.69, 9.17) is 19.3 Å². The van der Waals surface area contributed by atoms with Crippen LogP contribution in [0.3, 0.4) is 0 Å². The van der Waals surface area contributed by atoms with Crippen LogP contribution in [-0.4, -0.2) is 61.0 Å². The number of fused-ring (bicyclic) bond motifs is 1. The van der Waals surface area contributed by atoms with Crippen LogP contribution < -0.4 is 14.8 Å². The SMILES string of the molecule is CCn1nc(CN2CCC(CNC(=O)c3cc(OC)cc(OC)c3)CC2)c2c1CCOC2. The number of carbonyl (C=O) groups is 1. The monoisotopic (exact) mass is 442 g/mol. The van der Waals surface area contributed by atoms with Crippen molar-refractivity contribution in [3.8, 4) is 11.5 Å². The maximum atomic E-state index is 12.6. The molecule has 8 nitrogen and oxygen atoms in total. The topological polar surface area (TPSA) is 77.9 Å². The van der Waals surface area contributed by atoms with Crippen LogP contribution in [0.25, 0.3) is 0 Å². The smallest absolute Gasteiger partial charge is 0.251 e. The summed E-state index contributed by atoms with van der Waals surface area (Å²) in [7, 11) is 3.17. The molecule has 174 valence electrons. The average Bonchev–Trinajstić information content (AvgIpc) is 3.20. The minimum Gasteiger partial charge on any atom is -0.497 e. The molecular weight excluding hydrogens is 408 g/mol. The van der Waals surface area contributed by atoms with E-state index < -0.39 is 0 Å². The Morgan fingerprint density at radius 3 is 2.56 bits per heavy atom. The maximum absolute atomic E-state index is 12.6. The number of benzene rings is 1. The highest BCUT2D eigenvalue weighted by Crippen LogP contribution is 2.25. The Labute approximate surface area is 189 Å². The van der Waals surface area contributed by atoms with Gasteiger partial charge in [0, 0.05) is 48.9 Å². The zero-order valence-electron chi connectivity index (χ0n) is 19.4. The van der Waals surface area contributed by atoms with Crippen LogP contribution in [0.15, 0.2) is 18.2 Å². The zero-order chi connectivity index (χ0) is 22.5. The fourth-order valence-electron chi connectivity index (χ4n) is 4.61. The summed E-state index contributed by atoms with van der Waals surface area (Å²) in [4.78, 5) is 15.1. The van der Waals surface area contributed by atoms with Crippen LogP contribution >= 0.6 is 0 Å². The van der Waals surface area contributed by atoms with Crippen LogP contribution in [0.4, 0.5) is 0 Å². The second-order valence-electron chi connectivity index (χ2n) is 8.52. The molecule has 2 aliphatic heterocycles. The van der Waals surface area contributed by atoms with Crippen LogP contribution in [-0.2, 0) is 30.9 Å². The second-order valence-corrected chi connectivity index (χ2v) is 8.52. The van der Waals surface area contributed by atoms with Gasteiger partial charge in [0.1, 0.15) is 11.5 Å². The number of aryl methyl sites for hydroxylation is 1. The second kappa shape index (κ2) is 10.4. The lowest BCUT2D eigenvalue weighted by atomic mass is 9.96.